The fraction of sp³-hybridized carbons (Fsp3) is 0.471. The van der Waals surface area contributed by atoms with Gasteiger partial charge in [0, 0.05) is 13.1 Å². The zero-order valence-corrected chi connectivity index (χ0v) is 12.8. The molecular weight excluding hydrogens is 262 g/mol. The molecule has 2 aromatic rings. The fourth-order valence-corrected chi connectivity index (χ4v) is 2.94. The van der Waals surface area contributed by atoms with Crippen molar-refractivity contribution in [3.8, 4) is 5.75 Å². The van der Waals surface area contributed by atoms with Crippen LogP contribution in [0.1, 0.15) is 48.3 Å². The second-order valence-corrected chi connectivity index (χ2v) is 5.75. The molecule has 1 unspecified atom stereocenters. The highest BCUT2D eigenvalue weighted by atomic mass is 16.5. The van der Waals surface area contributed by atoms with Gasteiger partial charge in [0.25, 0.3) is 0 Å². The number of aryl methyl sites for hydroxylation is 3. The summed E-state index contributed by atoms with van der Waals surface area (Å²) in [5.41, 5.74) is 11.0. The van der Waals surface area contributed by atoms with Gasteiger partial charge in [0.1, 0.15) is 12.4 Å². The van der Waals surface area contributed by atoms with Gasteiger partial charge in [-0.25, -0.2) is 0 Å². The van der Waals surface area contributed by atoms with Crippen LogP contribution in [0.2, 0.25) is 0 Å². The maximum absolute atomic E-state index is 6.20. The van der Waals surface area contributed by atoms with Gasteiger partial charge in [-0.05, 0) is 55.0 Å². The van der Waals surface area contributed by atoms with Crippen molar-refractivity contribution >= 4 is 0 Å². The highest BCUT2D eigenvalue weighted by Gasteiger charge is 2.17. The summed E-state index contributed by atoms with van der Waals surface area (Å²) in [6.45, 7) is 2.65. The molecule has 0 aliphatic heterocycles. The van der Waals surface area contributed by atoms with Crippen LogP contribution >= 0.6 is 0 Å². The molecule has 0 saturated heterocycles. The van der Waals surface area contributed by atoms with Gasteiger partial charge in [-0.3, -0.25) is 4.68 Å². The largest absolute Gasteiger partial charge is 0.487 e. The second kappa shape index (κ2) is 5.90. The molecule has 1 aromatic carbocycles. The maximum atomic E-state index is 6.20. The van der Waals surface area contributed by atoms with E-state index in [2.05, 4.69) is 30.2 Å². The molecule has 3 rings (SSSR count). The minimum Gasteiger partial charge on any atom is -0.487 e. The van der Waals surface area contributed by atoms with Crippen molar-refractivity contribution < 1.29 is 4.74 Å². The number of nitrogens with zero attached hydrogens (tertiary/aromatic N) is 2. The van der Waals surface area contributed by atoms with Gasteiger partial charge in [-0.2, -0.15) is 5.10 Å². The van der Waals surface area contributed by atoms with Crippen molar-refractivity contribution in [2.45, 2.75) is 45.3 Å². The Morgan fingerprint density at radius 1 is 1.38 bits per heavy atom. The summed E-state index contributed by atoms with van der Waals surface area (Å²) < 4.78 is 7.82. The first-order valence-corrected chi connectivity index (χ1v) is 7.70. The number of hydrogen-bond acceptors (Lipinski definition) is 3. The second-order valence-electron chi connectivity index (χ2n) is 5.75. The molecule has 0 radical (unpaired) electrons. The molecule has 2 N–H and O–H groups in total. The molecule has 4 heteroatoms. The highest BCUT2D eigenvalue weighted by molar-refractivity contribution is 5.39. The lowest BCUT2D eigenvalue weighted by molar-refractivity contribution is 0.294. The van der Waals surface area contributed by atoms with Crippen molar-refractivity contribution in [2.24, 2.45) is 12.8 Å². The molecule has 1 atom stereocenters. The minimum atomic E-state index is 0.153. The molecule has 1 aliphatic carbocycles. The van der Waals surface area contributed by atoms with Crippen LogP contribution in [-0.4, -0.2) is 9.78 Å². The Morgan fingerprint density at radius 3 is 3.00 bits per heavy atom. The Hall–Kier alpha value is -1.81. The number of hydrogen-bond donors (Lipinski definition) is 1. The Morgan fingerprint density at radius 2 is 2.24 bits per heavy atom. The molecule has 112 valence electrons. The summed E-state index contributed by atoms with van der Waals surface area (Å²) in [5.74, 6) is 0.894. The van der Waals surface area contributed by atoms with E-state index in [0.29, 0.717) is 6.61 Å². The molecule has 1 aliphatic rings. The SMILES string of the molecule is CCc1cc(COc2ccc3c(c2)C(N)CCC3)n(C)n1. The number of benzene rings is 1. The summed E-state index contributed by atoms with van der Waals surface area (Å²) >= 11 is 0. The third-order valence-electron chi connectivity index (χ3n) is 4.25. The van der Waals surface area contributed by atoms with E-state index in [1.165, 1.54) is 17.5 Å². The first-order chi connectivity index (χ1) is 10.2. The van der Waals surface area contributed by atoms with Crippen LogP contribution < -0.4 is 10.5 Å². The van der Waals surface area contributed by atoms with E-state index in [1.54, 1.807) is 0 Å². The lowest BCUT2D eigenvalue weighted by Crippen LogP contribution is -2.17. The summed E-state index contributed by atoms with van der Waals surface area (Å²) in [7, 11) is 1.96. The zero-order chi connectivity index (χ0) is 14.8. The van der Waals surface area contributed by atoms with E-state index in [0.717, 1.165) is 36.4 Å². The fourth-order valence-electron chi connectivity index (χ4n) is 2.94. The van der Waals surface area contributed by atoms with Crippen LogP contribution in [0.4, 0.5) is 0 Å². The van der Waals surface area contributed by atoms with Gasteiger partial charge < -0.3 is 10.5 Å². The van der Waals surface area contributed by atoms with E-state index in [-0.39, 0.29) is 6.04 Å². The Bertz CT molecular complexity index is 633. The van der Waals surface area contributed by atoms with E-state index < -0.39 is 0 Å². The number of nitrogens with two attached hydrogens (primary N) is 1. The quantitative estimate of drug-likeness (QED) is 0.939. The van der Waals surface area contributed by atoms with Crippen LogP contribution in [0, 0.1) is 0 Å². The molecule has 4 nitrogen and oxygen atoms in total. The van der Waals surface area contributed by atoms with Gasteiger partial charge >= 0.3 is 0 Å². The molecule has 1 aromatic heterocycles. The van der Waals surface area contributed by atoms with Crippen molar-refractivity contribution in [1.29, 1.82) is 0 Å². The topological polar surface area (TPSA) is 53.1 Å². The van der Waals surface area contributed by atoms with Crippen molar-refractivity contribution in [3.63, 3.8) is 0 Å². The Kier molecular flexibility index (Phi) is 3.97. The van der Waals surface area contributed by atoms with Crippen LogP contribution in [0.25, 0.3) is 0 Å². The van der Waals surface area contributed by atoms with Crippen LogP contribution in [-0.2, 0) is 26.5 Å². The summed E-state index contributed by atoms with van der Waals surface area (Å²) in [4.78, 5) is 0. The van der Waals surface area contributed by atoms with Crippen molar-refractivity contribution in [1.82, 2.24) is 9.78 Å². The number of aromatic nitrogens is 2. The zero-order valence-electron chi connectivity index (χ0n) is 12.8. The average molecular weight is 285 g/mol. The smallest absolute Gasteiger partial charge is 0.130 e. The normalized spacial score (nSPS) is 17.6. The lowest BCUT2D eigenvalue weighted by atomic mass is 9.88. The molecule has 0 amide bonds. The maximum Gasteiger partial charge on any atom is 0.130 e. The number of fused-ring (bicyclic) bond motifs is 1. The number of ether oxygens (including phenoxy) is 1. The Balaban J connectivity index is 1.73. The van der Waals surface area contributed by atoms with Crippen LogP contribution in [0.5, 0.6) is 5.75 Å². The van der Waals surface area contributed by atoms with E-state index in [1.807, 2.05) is 17.8 Å². The molecular formula is C17H23N3O. The molecule has 0 bridgehead atoms. The molecule has 21 heavy (non-hydrogen) atoms. The van der Waals surface area contributed by atoms with E-state index >= 15 is 0 Å². The summed E-state index contributed by atoms with van der Waals surface area (Å²) in [6, 6.07) is 8.57. The van der Waals surface area contributed by atoms with Crippen molar-refractivity contribution in [3.05, 3.63) is 46.8 Å². The Labute approximate surface area is 125 Å². The first kappa shape index (κ1) is 14.1. The molecule has 0 spiro atoms. The average Bonchev–Trinajstić information content (AvgIpc) is 2.86. The van der Waals surface area contributed by atoms with Gasteiger partial charge in [-0.15, -0.1) is 0 Å². The van der Waals surface area contributed by atoms with Gasteiger partial charge in [0.2, 0.25) is 0 Å². The monoisotopic (exact) mass is 285 g/mol. The van der Waals surface area contributed by atoms with Crippen LogP contribution in [0.3, 0.4) is 0 Å². The molecule has 0 saturated carbocycles. The third kappa shape index (κ3) is 2.95. The summed E-state index contributed by atoms with van der Waals surface area (Å²) in [6.07, 6.45) is 4.33. The van der Waals surface area contributed by atoms with E-state index in [4.69, 9.17) is 10.5 Å². The predicted octanol–water partition coefficient (Wildman–Crippen LogP) is 2.90. The standard InChI is InChI=1S/C17H23N3O/c1-3-13-9-14(20(2)19-13)11-21-15-8-7-12-5-4-6-17(18)16(12)10-15/h7-10,17H,3-6,11,18H2,1-2H3. The summed E-state index contributed by atoms with van der Waals surface area (Å²) in [5, 5.41) is 4.44. The van der Waals surface area contributed by atoms with Gasteiger partial charge in [0.15, 0.2) is 0 Å². The highest BCUT2D eigenvalue weighted by Crippen LogP contribution is 2.31. The van der Waals surface area contributed by atoms with Crippen LogP contribution in [0.15, 0.2) is 24.3 Å². The predicted molar refractivity (Wildman–Crippen MR) is 83.2 cm³/mol. The van der Waals surface area contributed by atoms with Gasteiger partial charge in [0.05, 0.1) is 11.4 Å². The molecule has 0 fully saturated rings. The minimum absolute atomic E-state index is 0.153. The lowest BCUT2D eigenvalue weighted by Gasteiger charge is -2.22. The van der Waals surface area contributed by atoms with Crippen molar-refractivity contribution in [2.75, 3.05) is 0 Å². The molecule has 1 heterocycles. The first-order valence-electron chi connectivity index (χ1n) is 7.70. The third-order valence-corrected chi connectivity index (χ3v) is 4.25. The number of rotatable bonds is 4. The van der Waals surface area contributed by atoms with E-state index in [9.17, 15) is 0 Å². The van der Waals surface area contributed by atoms with Gasteiger partial charge in [-0.1, -0.05) is 13.0 Å².